The number of amides is 2. The normalized spacial score (nSPS) is 15.7. The molecule has 3 rings (SSSR count). The van der Waals surface area contributed by atoms with E-state index in [-0.39, 0.29) is 36.8 Å². The minimum absolute atomic E-state index is 0. The van der Waals surface area contributed by atoms with Crippen LogP contribution in [-0.2, 0) is 0 Å². The van der Waals surface area contributed by atoms with Gasteiger partial charge in [0.2, 0.25) is 0 Å². The molecule has 2 atom stereocenters. The van der Waals surface area contributed by atoms with Gasteiger partial charge < -0.3 is 30.6 Å². The van der Waals surface area contributed by atoms with E-state index in [0.717, 1.165) is 43.0 Å². The maximum Gasteiger partial charge on any atom is 0.252 e. The zero-order chi connectivity index (χ0) is 24.0. The second kappa shape index (κ2) is 12.7. The van der Waals surface area contributed by atoms with Gasteiger partial charge in [-0.2, -0.15) is 0 Å². The fourth-order valence-corrected chi connectivity index (χ4v) is 3.80. The number of nitrogens with one attached hydrogen (secondary N) is 2. The maximum absolute atomic E-state index is 13.1. The number of aliphatic hydroxyl groups excluding tert-OH is 2. The molecule has 1 heterocycles. The number of halogens is 1. The van der Waals surface area contributed by atoms with Crippen molar-refractivity contribution in [3.63, 3.8) is 0 Å². The average Bonchev–Trinajstić information content (AvgIpc) is 2.83. The first-order chi connectivity index (χ1) is 15.8. The van der Waals surface area contributed by atoms with Crippen molar-refractivity contribution < 1.29 is 19.8 Å². The van der Waals surface area contributed by atoms with Crippen LogP contribution < -0.4 is 15.5 Å². The molecule has 1 saturated heterocycles. The summed E-state index contributed by atoms with van der Waals surface area (Å²) >= 11 is 0. The number of hydrogen-bond donors (Lipinski definition) is 4. The lowest BCUT2D eigenvalue weighted by Gasteiger charge is -2.34. The van der Waals surface area contributed by atoms with E-state index in [1.165, 1.54) is 0 Å². The highest BCUT2D eigenvalue weighted by Crippen LogP contribution is 2.22. The number of anilines is 1. The van der Waals surface area contributed by atoms with Crippen molar-refractivity contribution in [3.05, 3.63) is 64.7 Å². The summed E-state index contributed by atoms with van der Waals surface area (Å²) in [6.07, 6.45) is -1.000. The predicted molar refractivity (Wildman–Crippen MR) is 136 cm³/mol. The highest BCUT2D eigenvalue weighted by atomic mass is 35.5. The van der Waals surface area contributed by atoms with Gasteiger partial charge in [0.25, 0.3) is 11.8 Å². The summed E-state index contributed by atoms with van der Waals surface area (Å²) in [7, 11) is 2.11. The first-order valence-electron chi connectivity index (χ1n) is 11.3. The smallest absolute Gasteiger partial charge is 0.252 e. The van der Waals surface area contributed by atoms with Crippen LogP contribution in [0.3, 0.4) is 0 Å². The van der Waals surface area contributed by atoms with E-state index in [1.54, 1.807) is 18.2 Å². The molecule has 34 heavy (non-hydrogen) atoms. The summed E-state index contributed by atoms with van der Waals surface area (Å²) in [5.74, 6) is -0.504. The summed E-state index contributed by atoms with van der Waals surface area (Å²) in [5, 5.41) is 23.9. The van der Waals surface area contributed by atoms with Gasteiger partial charge in [-0.25, -0.2) is 0 Å². The predicted octanol–water partition coefficient (Wildman–Crippen LogP) is 1.74. The van der Waals surface area contributed by atoms with Crippen LogP contribution in [0.2, 0.25) is 0 Å². The Balaban J connectivity index is 0.00000408. The Morgan fingerprint density at radius 1 is 1.06 bits per heavy atom. The molecule has 8 nitrogen and oxygen atoms in total. The summed E-state index contributed by atoms with van der Waals surface area (Å²) < 4.78 is 0. The molecule has 0 radical (unpaired) electrons. The monoisotopic (exact) mass is 490 g/mol. The minimum Gasteiger partial charge on any atom is -0.394 e. The lowest BCUT2D eigenvalue weighted by Crippen LogP contribution is -2.44. The van der Waals surface area contributed by atoms with Gasteiger partial charge >= 0.3 is 0 Å². The fraction of sp³-hybridized carbons (Fsp3) is 0.440. The molecule has 2 aromatic carbocycles. The molecule has 1 fully saturated rings. The van der Waals surface area contributed by atoms with Crippen molar-refractivity contribution in [2.24, 2.45) is 0 Å². The molecule has 186 valence electrons. The Hall–Kier alpha value is -2.65. The number of aryl methyl sites for hydroxylation is 1. The molecule has 0 saturated carbocycles. The fourth-order valence-electron chi connectivity index (χ4n) is 3.80. The van der Waals surface area contributed by atoms with E-state index in [9.17, 15) is 14.7 Å². The molecule has 0 spiro atoms. The van der Waals surface area contributed by atoms with Gasteiger partial charge in [-0.1, -0.05) is 18.2 Å². The Morgan fingerprint density at radius 2 is 1.76 bits per heavy atom. The van der Waals surface area contributed by atoms with Crippen LogP contribution in [-0.4, -0.2) is 79.4 Å². The first kappa shape index (κ1) is 27.6. The van der Waals surface area contributed by atoms with E-state index in [2.05, 4.69) is 33.5 Å². The van der Waals surface area contributed by atoms with Crippen LogP contribution in [0.4, 0.5) is 5.69 Å². The number of piperazine rings is 1. The van der Waals surface area contributed by atoms with Crippen LogP contribution >= 0.6 is 12.4 Å². The quantitative estimate of drug-likeness (QED) is 0.449. The molecular weight excluding hydrogens is 456 g/mol. The number of hydrogen-bond acceptors (Lipinski definition) is 6. The van der Waals surface area contributed by atoms with Gasteiger partial charge in [0, 0.05) is 49.5 Å². The van der Waals surface area contributed by atoms with E-state index in [4.69, 9.17) is 5.11 Å². The number of nitrogens with zero attached hydrogens (tertiary/aromatic N) is 2. The van der Waals surface area contributed by atoms with Crippen molar-refractivity contribution in [2.75, 3.05) is 51.3 Å². The molecule has 0 bridgehead atoms. The number of rotatable bonds is 8. The summed E-state index contributed by atoms with van der Waals surface area (Å²) in [6, 6.07) is 12.7. The van der Waals surface area contributed by atoms with Gasteiger partial charge in [0.1, 0.15) is 0 Å². The first-order valence-corrected chi connectivity index (χ1v) is 11.3. The number of carbonyl (C=O) groups excluding carboxylic acids is 2. The van der Waals surface area contributed by atoms with Gasteiger partial charge in [-0.15, -0.1) is 12.4 Å². The lowest BCUT2D eigenvalue weighted by molar-refractivity contribution is 0.0802. The van der Waals surface area contributed by atoms with Crippen LogP contribution in [0.1, 0.15) is 44.8 Å². The van der Waals surface area contributed by atoms with Crippen LogP contribution in [0.25, 0.3) is 0 Å². The minimum atomic E-state index is -1.000. The van der Waals surface area contributed by atoms with Crippen molar-refractivity contribution in [1.29, 1.82) is 0 Å². The largest absolute Gasteiger partial charge is 0.394 e. The topological polar surface area (TPSA) is 105 Å². The van der Waals surface area contributed by atoms with E-state index in [1.807, 2.05) is 32.0 Å². The van der Waals surface area contributed by atoms with Gasteiger partial charge in [-0.05, 0) is 56.3 Å². The molecule has 0 unspecified atom stereocenters. The Labute approximate surface area is 207 Å². The molecule has 0 aromatic heterocycles. The SMILES string of the molecule is Cc1ccc(N2CCN(C)CC2)cc1C(=O)N[C@H](C)c1cccc(C(=O)NC[C@@H](O)CO)c1.Cl. The Bertz CT molecular complexity index is 979. The molecule has 9 heteroatoms. The second-order valence-electron chi connectivity index (χ2n) is 8.66. The number of benzene rings is 2. The third kappa shape index (κ3) is 7.17. The van der Waals surface area contributed by atoms with Crippen LogP contribution in [0.5, 0.6) is 0 Å². The molecule has 2 aromatic rings. The summed E-state index contributed by atoms with van der Waals surface area (Å²) in [5.41, 5.74) is 3.83. The van der Waals surface area contributed by atoms with Crippen molar-refractivity contribution >= 4 is 29.9 Å². The van der Waals surface area contributed by atoms with Gasteiger partial charge in [0.15, 0.2) is 0 Å². The molecule has 2 amide bonds. The second-order valence-corrected chi connectivity index (χ2v) is 8.66. The van der Waals surface area contributed by atoms with Crippen molar-refractivity contribution in [3.8, 4) is 0 Å². The highest BCUT2D eigenvalue weighted by molar-refractivity contribution is 5.97. The molecular formula is C25H35ClN4O4. The standard InChI is InChI=1S/C25H34N4O4.ClH/c1-17-7-8-21(29-11-9-28(3)10-12-29)14-23(17)25(33)27-18(2)19-5-4-6-20(13-19)24(32)26-15-22(31)16-30;/h4-8,13-14,18,22,30-31H,9-12,15-16H2,1-3H3,(H,26,32)(H,27,33);1H/t18-,22-;/m1./s1. The Kier molecular flexibility index (Phi) is 10.3. The summed E-state index contributed by atoms with van der Waals surface area (Å²) in [4.78, 5) is 30.0. The molecule has 4 N–H and O–H groups in total. The van der Waals surface area contributed by atoms with Crippen LogP contribution in [0, 0.1) is 6.92 Å². The molecule has 1 aliphatic rings. The average molecular weight is 491 g/mol. The van der Waals surface area contributed by atoms with Gasteiger partial charge in [-0.3, -0.25) is 9.59 Å². The van der Waals surface area contributed by atoms with E-state index in [0.29, 0.717) is 11.1 Å². The lowest BCUT2D eigenvalue weighted by atomic mass is 10.0. The summed E-state index contributed by atoms with van der Waals surface area (Å²) in [6.45, 7) is 7.21. The number of likely N-dealkylation sites (N-methyl/N-ethyl adjacent to an activating group) is 1. The Morgan fingerprint density at radius 3 is 2.44 bits per heavy atom. The van der Waals surface area contributed by atoms with Crippen molar-refractivity contribution in [2.45, 2.75) is 26.0 Å². The third-order valence-electron chi connectivity index (χ3n) is 6.04. The zero-order valence-electron chi connectivity index (χ0n) is 20.0. The van der Waals surface area contributed by atoms with E-state index >= 15 is 0 Å². The van der Waals surface area contributed by atoms with Crippen molar-refractivity contribution in [1.82, 2.24) is 15.5 Å². The highest BCUT2D eigenvalue weighted by Gasteiger charge is 2.19. The number of carbonyl (C=O) groups is 2. The maximum atomic E-state index is 13.1. The number of aliphatic hydroxyl groups is 2. The van der Waals surface area contributed by atoms with Crippen LogP contribution in [0.15, 0.2) is 42.5 Å². The molecule has 1 aliphatic heterocycles. The zero-order valence-corrected chi connectivity index (χ0v) is 20.8. The van der Waals surface area contributed by atoms with E-state index < -0.39 is 12.7 Å². The van der Waals surface area contributed by atoms with Gasteiger partial charge in [0.05, 0.1) is 18.8 Å². The third-order valence-corrected chi connectivity index (χ3v) is 6.04. The molecule has 0 aliphatic carbocycles.